The van der Waals surface area contributed by atoms with E-state index in [1.165, 1.54) is 12.1 Å². The van der Waals surface area contributed by atoms with Crippen molar-refractivity contribution in [1.29, 1.82) is 0 Å². The molecule has 2 heteroatoms. The summed E-state index contributed by atoms with van der Waals surface area (Å²) in [5, 5.41) is 0. The molecule has 0 aromatic heterocycles. The van der Waals surface area contributed by atoms with Gasteiger partial charge in [-0.3, -0.25) is 0 Å². The number of halogens is 2. The van der Waals surface area contributed by atoms with Gasteiger partial charge in [-0.15, -0.1) is 0 Å². The van der Waals surface area contributed by atoms with E-state index in [0.717, 1.165) is 41.5 Å². The van der Waals surface area contributed by atoms with Crippen LogP contribution in [0, 0.1) is 11.6 Å². The third-order valence-electron chi connectivity index (χ3n) is 4.23. The Bertz CT molecular complexity index is 823. The molecule has 0 unspecified atom stereocenters. The summed E-state index contributed by atoms with van der Waals surface area (Å²) >= 11 is 0. The monoisotopic (exact) mass is 322 g/mol. The molecular formula is C22H20F2. The molecule has 0 saturated carbocycles. The summed E-state index contributed by atoms with van der Waals surface area (Å²) in [5.41, 5.74) is 3.99. The highest BCUT2D eigenvalue weighted by atomic mass is 19.1. The first kappa shape index (κ1) is 16.4. The molecule has 0 N–H and O–H groups in total. The minimum Gasteiger partial charge on any atom is -0.207 e. The minimum atomic E-state index is -0.277. The molecule has 0 amide bonds. The Morgan fingerprint density at radius 3 is 2.21 bits per heavy atom. The predicted octanol–water partition coefficient (Wildman–Crippen LogP) is 6.64. The minimum absolute atomic E-state index is 0.272. The van der Waals surface area contributed by atoms with Crippen LogP contribution in [0.4, 0.5) is 8.78 Å². The van der Waals surface area contributed by atoms with Crippen molar-refractivity contribution in [1.82, 2.24) is 0 Å². The van der Waals surface area contributed by atoms with Crippen molar-refractivity contribution in [2.45, 2.75) is 26.2 Å². The van der Waals surface area contributed by atoms with Crippen LogP contribution in [-0.4, -0.2) is 0 Å². The topological polar surface area (TPSA) is 0 Å². The van der Waals surface area contributed by atoms with Gasteiger partial charge in [0.15, 0.2) is 0 Å². The van der Waals surface area contributed by atoms with E-state index in [1.807, 2.05) is 36.4 Å². The predicted molar refractivity (Wildman–Crippen MR) is 95.8 cm³/mol. The average Bonchev–Trinajstić information content (AvgIpc) is 2.61. The van der Waals surface area contributed by atoms with Crippen LogP contribution >= 0.6 is 0 Å². The molecule has 0 saturated heterocycles. The van der Waals surface area contributed by atoms with Crippen LogP contribution < -0.4 is 0 Å². The van der Waals surface area contributed by atoms with Crippen molar-refractivity contribution in [2.24, 2.45) is 0 Å². The number of unbranched alkanes of at least 4 members (excludes halogenated alkanes) is 1. The molecule has 0 radical (unpaired) electrons. The van der Waals surface area contributed by atoms with Crippen molar-refractivity contribution < 1.29 is 8.78 Å². The molecule has 0 bridgehead atoms. The van der Waals surface area contributed by atoms with E-state index in [1.54, 1.807) is 18.2 Å². The highest BCUT2D eigenvalue weighted by Gasteiger charge is 2.12. The SMILES string of the molecule is CCCCc1cc(F)ccc1-c1ccc(-c2ccccc2)cc1F. The Labute approximate surface area is 141 Å². The van der Waals surface area contributed by atoms with Gasteiger partial charge in [0.25, 0.3) is 0 Å². The Balaban J connectivity index is 2.01. The normalized spacial score (nSPS) is 10.8. The van der Waals surface area contributed by atoms with Gasteiger partial charge >= 0.3 is 0 Å². The van der Waals surface area contributed by atoms with Crippen molar-refractivity contribution in [3.05, 3.63) is 83.9 Å². The Morgan fingerprint density at radius 1 is 0.750 bits per heavy atom. The van der Waals surface area contributed by atoms with Crippen LogP contribution in [0.25, 0.3) is 22.3 Å². The van der Waals surface area contributed by atoms with Crippen LogP contribution in [0.3, 0.4) is 0 Å². The van der Waals surface area contributed by atoms with Gasteiger partial charge in [0, 0.05) is 5.56 Å². The van der Waals surface area contributed by atoms with Crippen molar-refractivity contribution in [3.63, 3.8) is 0 Å². The number of hydrogen-bond acceptors (Lipinski definition) is 0. The van der Waals surface area contributed by atoms with Crippen LogP contribution in [0.15, 0.2) is 66.7 Å². The molecule has 3 aromatic carbocycles. The van der Waals surface area contributed by atoms with Gasteiger partial charge in [-0.1, -0.05) is 61.9 Å². The molecule has 0 heterocycles. The van der Waals surface area contributed by atoms with E-state index in [9.17, 15) is 8.78 Å². The summed E-state index contributed by atoms with van der Waals surface area (Å²) in [6, 6.07) is 19.6. The molecule has 122 valence electrons. The summed E-state index contributed by atoms with van der Waals surface area (Å²) in [6.07, 6.45) is 2.73. The molecule has 0 aliphatic heterocycles. The van der Waals surface area contributed by atoms with E-state index >= 15 is 0 Å². The molecule has 3 aromatic rings. The zero-order chi connectivity index (χ0) is 16.9. The standard InChI is InChI=1S/C22H20F2/c1-2-3-7-18-14-19(23)11-13-20(18)21-12-10-17(15-22(21)24)16-8-5-4-6-9-16/h4-6,8-15H,2-3,7H2,1H3. The molecule has 0 nitrogen and oxygen atoms in total. The second kappa shape index (κ2) is 7.39. The summed E-state index contributed by atoms with van der Waals surface area (Å²) in [5.74, 6) is -0.549. The number of hydrogen-bond donors (Lipinski definition) is 0. The maximum absolute atomic E-state index is 14.7. The highest BCUT2D eigenvalue weighted by Crippen LogP contribution is 2.31. The van der Waals surface area contributed by atoms with Crippen LogP contribution in [0.2, 0.25) is 0 Å². The third-order valence-corrected chi connectivity index (χ3v) is 4.23. The molecule has 24 heavy (non-hydrogen) atoms. The fraction of sp³-hybridized carbons (Fsp3) is 0.182. The first-order chi connectivity index (χ1) is 11.7. The zero-order valence-electron chi connectivity index (χ0n) is 13.7. The first-order valence-electron chi connectivity index (χ1n) is 8.33. The van der Waals surface area contributed by atoms with Gasteiger partial charge in [0.2, 0.25) is 0 Å². The molecular weight excluding hydrogens is 302 g/mol. The lowest BCUT2D eigenvalue weighted by atomic mass is 9.94. The van der Waals surface area contributed by atoms with Gasteiger partial charge in [-0.2, -0.15) is 0 Å². The quantitative estimate of drug-likeness (QED) is 0.494. The number of benzene rings is 3. The van der Waals surface area contributed by atoms with E-state index in [2.05, 4.69) is 6.92 Å². The van der Waals surface area contributed by atoms with Crippen LogP contribution in [0.5, 0.6) is 0 Å². The molecule has 0 aliphatic carbocycles. The molecule has 0 atom stereocenters. The summed E-state index contributed by atoms with van der Waals surface area (Å²) in [4.78, 5) is 0. The van der Waals surface area contributed by atoms with E-state index in [0.29, 0.717) is 5.56 Å². The average molecular weight is 322 g/mol. The van der Waals surface area contributed by atoms with Crippen LogP contribution in [-0.2, 0) is 6.42 Å². The number of aryl methyl sites for hydroxylation is 1. The maximum atomic E-state index is 14.7. The van der Waals surface area contributed by atoms with Crippen molar-refractivity contribution in [2.75, 3.05) is 0 Å². The van der Waals surface area contributed by atoms with Crippen LogP contribution in [0.1, 0.15) is 25.3 Å². The Morgan fingerprint density at radius 2 is 1.50 bits per heavy atom. The van der Waals surface area contributed by atoms with Gasteiger partial charge in [-0.25, -0.2) is 8.78 Å². The second-order valence-electron chi connectivity index (χ2n) is 5.97. The molecule has 0 fully saturated rings. The lowest BCUT2D eigenvalue weighted by Crippen LogP contribution is -1.94. The fourth-order valence-electron chi connectivity index (χ4n) is 2.94. The Kier molecular flexibility index (Phi) is 5.05. The van der Waals surface area contributed by atoms with Gasteiger partial charge in [-0.05, 0) is 53.3 Å². The van der Waals surface area contributed by atoms with Gasteiger partial charge < -0.3 is 0 Å². The lowest BCUT2D eigenvalue weighted by molar-refractivity contribution is 0.622. The fourth-order valence-corrected chi connectivity index (χ4v) is 2.94. The zero-order valence-corrected chi connectivity index (χ0v) is 13.7. The molecule has 0 spiro atoms. The second-order valence-corrected chi connectivity index (χ2v) is 5.97. The van der Waals surface area contributed by atoms with E-state index < -0.39 is 0 Å². The smallest absolute Gasteiger partial charge is 0.131 e. The number of rotatable bonds is 5. The van der Waals surface area contributed by atoms with Gasteiger partial charge in [0.1, 0.15) is 11.6 Å². The van der Waals surface area contributed by atoms with Crippen molar-refractivity contribution in [3.8, 4) is 22.3 Å². The summed E-state index contributed by atoms with van der Waals surface area (Å²) in [6.45, 7) is 2.09. The molecule has 0 aliphatic rings. The third kappa shape index (κ3) is 3.53. The first-order valence-corrected chi connectivity index (χ1v) is 8.33. The Hall–Kier alpha value is -2.48. The van der Waals surface area contributed by atoms with Crippen molar-refractivity contribution >= 4 is 0 Å². The lowest BCUT2D eigenvalue weighted by Gasteiger charge is -2.12. The summed E-state index contributed by atoms with van der Waals surface area (Å²) in [7, 11) is 0. The highest BCUT2D eigenvalue weighted by molar-refractivity contribution is 5.73. The van der Waals surface area contributed by atoms with E-state index in [4.69, 9.17) is 0 Å². The largest absolute Gasteiger partial charge is 0.207 e. The summed E-state index contributed by atoms with van der Waals surface area (Å²) < 4.78 is 28.3. The maximum Gasteiger partial charge on any atom is 0.131 e. The molecule has 3 rings (SSSR count). The van der Waals surface area contributed by atoms with Gasteiger partial charge in [0.05, 0.1) is 0 Å². The van der Waals surface area contributed by atoms with E-state index in [-0.39, 0.29) is 11.6 Å².